The van der Waals surface area contributed by atoms with Gasteiger partial charge < -0.3 is 9.47 Å². The summed E-state index contributed by atoms with van der Waals surface area (Å²) in [6, 6.07) is 0. The lowest BCUT2D eigenvalue weighted by Gasteiger charge is -2.63. The van der Waals surface area contributed by atoms with Gasteiger partial charge in [0.05, 0.1) is 0 Å². The van der Waals surface area contributed by atoms with Gasteiger partial charge in [0.2, 0.25) is 11.6 Å². The third-order valence-electron chi connectivity index (χ3n) is 9.83. The van der Waals surface area contributed by atoms with Crippen molar-refractivity contribution < 1.29 is 19.1 Å². The molecule has 7 atom stereocenters. The number of Topliss-reactive ketones (excluding diaryl/α,β-unsaturated/α-hetero) is 1. The van der Waals surface area contributed by atoms with Crippen molar-refractivity contribution in [1.82, 2.24) is 0 Å². The number of allylic oxidation sites excluding steroid dienone is 1. The number of hydrogen-bond donors (Lipinski definition) is 0. The van der Waals surface area contributed by atoms with E-state index < -0.39 is 5.79 Å². The summed E-state index contributed by atoms with van der Waals surface area (Å²) in [5.74, 6) is 2.05. The Morgan fingerprint density at radius 1 is 1.21 bits per heavy atom. The van der Waals surface area contributed by atoms with Gasteiger partial charge in [0.15, 0.2) is 6.79 Å². The second-order valence-corrected chi connectivity index (χ2v) is 11.1. The summed E-state index contributed by atoms with van der Waals surface area (Å²) in [6.45, 7) is 9.14. The van der Waals surface area contributed by atoms with E-state index in [1.807, 2.05) is 13.0 Å². The molecule has 0 radical (unpaired) electrons. The van der Waals surface area contributed by atoms with E-state index in [0.29, 0.717) is 35.9 Å². The summed E-state index contributed by atoms with van der Waals surface area (Å²) >= 11 is 0. The average molecular weight is 401 g/mol. The van der Waals surface area contributed by atoms with Crippen molar-refractivity contribution in [2.45, 2.75) is 84.8 Å². The molecule has 29 heavy (non-hydrogen) atoms. The quantitative estimate of drug-likeness (QED) is 0.664. The van der Waals surface area contributed by atoms with Crippen LogP contribution in [0.1, 0.15) is 79.1 Å². The summed E-state index contributed by atoms with van der Waals surface area (Å²) in [4.78, 5) is 25.3. The lowest BCUT2D eigenvalue weighted by Crippen LogP contribution is -2.62. The molecule has 4 fully saturated rings. The van der Waals surface area contributed by atoms with Crippen LogP contribution in [-0.4, -0.2) is 24.1 Å². The van der Waals surface area contributed by atoms with Crippen LogP contribution in [0.4, 0.5) is 0 Å². The normalized spacial score (nSPS) is 47.7. The van der Waals surface area contributed by atoms with Crippen LogP contribution < -0.4 is 0 Å². The van der Waals surface area contributed by atoms with E-state index in [-0.39, 0.29) is 29.3 Å². The third-order valence-corrected chi connectivity index (χ3v) is 9.83. The van der Waals surface area contributed by atoms with Gasteiger partial charge in [-0.3, -0.25) is 9.59 Å². The second kappa shape index (κ2) is 6.50. The Kier molecular flexibility index (Phi) is 4.47. The molecule has 4 heteroatoms. The monoisotopic (exact) mass is 400 g/mol. The number of carbonyl (C=O) groups is 2. The van der Waals surface area contributed by atoms with Gasteiger partial charge in [-0.15, -0.1) is 0 Å². The van der Waals surface area contributed by atoms with Gasteiger partial charge in [-0.05, 0) is 79.6 Å². The Morgan fingerprint density at radius 3 is 2.59 bits per heavy atom. The maximum absolute atomic E-state index is 12.8. The molecule has 0 N–H and O–H groups in total. The number of ketones is 2. The lowest BCUT2D eigenvalue weighted by molar-refractivity contribution is -0.384. The highest BCUT2D eigenvalue weighted by molar-refractivity contribution is 5.98. The molecule has 4 nitrogen and oxygen atoms in total. The van der Waals surface area contributed by atoms with Crippen molar-refractivity contribution in [2.75, 3.05) is 6.79 Å². The molecular formula is C25H36O4. The maximum atomic E-state index is 12.8. The molecule has 1 spiro atoms. The van der Waals surface area contributed by atoms with Crippen molar-refractivity contribution in [3.05, 3.63) is 11.6 Å². The van der Waals surface area contributed by atoms with Crippen LogP contribution in [-0.2, 0) is 19.1 Å². The van der Waals surface area contributed by atoms with Crippen LogP contribution in [0.5, 0.6) is 0 Å². The van der Waals surface area contributed by atoms with Crippen LogP contribution in [0.25, 0.3) is 0 Å². The number of fused-ring (bicyclic) bond motifs is 5. The van der Waals surface area contributed by atoms with Gasteiger partial charge in [-0.25, -0.2) is 0 Å². The van der Waals surface area contributed by atoms with Crippen molar-refractivity contribution in [1.29, 1.82) is 0 Å². The smallest absolute Gasteiger partial charge is 0.237 e. The Balaban J connectivity index is 1.56. The van der Waals surface area contributed by atoms with E-state index in [1.54, 1.807) is 0 Å². The molecule has 1 saturated heterocycles. The summed E-state index contributed by atoms with van der Waals surface area (Å²) in [5.41, 5.74) is 1.45. The third kappa shape index (κ3) is 2.57. The minimum absolute atomic E-state index is 0.0138. The van der Waals surface area contributed by atoms with E-state index >= 15 is 0 Å². The lowest BCUT2D eigenvalue weighted by atomic mass is 9.43. The minimum atomic E-state index is -1.02. The van der Waals surface area contributed by atoms with Gasteiger partial charge in [-0.1, -0.05) is 39.2 Å². The second-order valence-electron chi connectivity index (χ2n) is 11.1. The van der Waals surface area contributed by atoms with E-state index in [0.717, 1.165) is 19.3 Å². The molecule has 1 heterocycles. The highest BCUT2D eigenvalue weighted by atomic mass is 16.9. The topological polar surface area (TPSA) is 52.6 Å². The van der Waals surface area contributed by atoms with E-state index in [9.17, 15) is 9.59 Å². The van der Waals surface area contributed by atoms with E-state index in [4.69, 9.17) is 9.47 Å². The summed E-state index contributed by atoms with van der Waals surface area (Å²) in [6.07, 6.45) is 10.5. The van der Waals surface area contributed by atoms with Crippen LogP contribution in [0.15, 0.2) is 11.6 Å². The largest absolute Gasteiger partial charge is 0.316 e. The minimum Gasteiger partial charge on any atom is -0.316 e. The van der Waals surface area contributed by atoms with Crippen LogP contribution in [0.2, 0.25) is 0 Å². The van der Waals surface area contributed by atoms with Gasteiger partial charge >= 0.3 is 0 Å². The highest BCUT2D eigenvalue weighted by Crippen LogP contribution is 2.69. The molecule has 4 aliphatic carbocycles. The first-order valence-corrected chi connectivity index (χ1v) is 11.8. The first-order valence-electron chi connectivity index (χ1n) is 11.8. The first kappa shape index (κ1) is 19.9. The fourth-order valence-corrected chi connectivity index (χ4v) is 8.82. The molecule has 0 aromatic heterocycles. The van der Waals surface area contributed by atoms with Gasteiger partial charge in [0.25, 0.3) is 0 Å². The SMILES string of the molecule is CCC[C@@H]1C[C@]2(C)[C@@H](C(C)=O)CC[C@H]2[C@@H]2CCC3=CC(=O)C4(C[C@]3(C)[C@@H]12)OCO4. The highest BCUT2D eigenvalue weighted by Gasteiger charge is 2.65. The zero-order valence-corrected chi connectivity index (χ0v) is 18.5. The van der Waals surface area contributed by atoms with Crippen LogP contribution >= 0.6 is 0 Å². The molecule has 0 aromatic rings. The van der Waals surface area contributed by atoms with Gasteiger partial charge in [0.1, 0.15) is 5.78 Å². The molecule has 3 saturated carbocycles. The standard InChI is InChI=1S/C25H36O4/c1-5-6-16-12-23(3)19(15(2)26)9-10-20(23)18-8-7-17-11-21(27)25(28-14-29-25)13-24(17,4)22(16)18/h11,16,18-20,22H,5-10,12-14H2,1-4H3/t16-,18+,19-,20+,22+,23-,24+/m1/s1. The molecule has 0 amide bonds. The Labute approximate surface area is 174 Å². The number of rotatable bonds is 3. The van der Waals surface area contributed by atoms with Crippen molar-refractivity contribution in [3.63, 3.8) is 0 Å². The predicted molar refractivity (Wildman–Crippen MR) is 110 cm³/mol. The predicted octanol–water partition coefficient (Wildman–Crippen LogP) is 5.06. The maximum Gasteiger partial charge on any atom is 0.237 e. The van der Waals surface area contributed by atoms with E-state index in [1.165, 1.54) is 31.3 Å². The fraction of sp³-hybridized carbons (Fsp3) is 0.840. The molecule has 160 valence electrons. The summed E-state index contributed by atoms with van der Waals surface area (Å²) in [5, 5.41) is 0. The summed E-state index contributed by atoms with van der Waals surface area (Å²) in [7, 11) is 0. The number of carbonyl (C=O) groups excluding carboxylic acids is 2. The number of ether oxygens (including phenoxy) is 2. The summed E-state index contributed by atoms with van der Waals surface area (Å²) < 4.78 is 11.5. The van der Waals surface area contributed by atoms with Crippen molar-refractivity contribution in [3.8, 4) is 0 Å². The van der Waals surface area contributed by atoms with Crippen LogP contribution in [0.3, 0.4) is 0 Å². The Morgan fingerprint density at radius 2 is 1.97 bits per heavy atom. The van der Waals surface area contributed by atoms with E-state index in [2.05, 4.69) is 20.8 Å². The molecule has 5 rings (SSSR count). The molecule has 1 aliphatic heterocycles. The molecule has 5 aliphatic rings. The molecule has 0 aromatic carbocycles. The average Bonchev–Trinajstić information content (AvgIpc) is 2.97. The zero-order valence-electron chi connectivity index (χ0n) is 18.5. The van der Waals surface area contributed by atoms with Crippen molar-refractivity contribution in [2.24, 2.45) is 40.4 Å². The van der Waals surface area contributed by atoms with Crippen molar-refractivity contribution >= 4 is 11.6 Å². The molecule has 0 unspecified atom stereocenters. The van der Waals surface area contributed by atoms with Crippen LogP contribution in [0, 0.1) is 40.4 Å². The number of hydrogen-bond acceptors (Lipinski definition) is 4. The Hall–Kier alpha value is -1.00. The van der Waals surface area contributed by atoms with Gasteiger partial charge in [0, 0.05) is 12.3 Å². The first-order chi connectivity index (χ1) is 13.7. The Bertz CT molecular complexity index is 765. The van der Waals surface area contributed by atoms with Gasteiger partial charge in [-0.2, -0.15) is 0 Å². The fourth-order valence-electron chi connectivity index (χ4n) is 8.82. The molecule has 0 bridgehead atoms. The zero-order chi connectivity index (χ0) is 20.6. The molecular weight excluding hydrogens is 364 g/mol.